The zero-order valence-electron chi connectivity index (χ0n) is 17.8. The molecule has 7 heteroatoms. The maximum absolute atomic E-state index is 12.9. The lowest BCUT2D eigenvalue weighted by Gasteiger charge is -2.33. The molecule has 1 amide bonds. The van der Waals surface area contributed by atoms with Crippen LogP contribution in [0.15, 0.2) is 59.5 Å². The van der Waals surface area contributed by atoms with Crippen LogP contribution in [-0.2, 0) is 21.2 Å². The number of amides is 1. The number of hydrogen-bond acceptors (Lipinski definition) is 3. The molecule has 0 unspecified atom stereocenters. The summed E-state index contributed by atoms with van der Waals surface area (Å²) in [5.41, 5.74) is 2.33. The molecule has 0 spiro atoms. The molecular weight excluding hydrogens is 398 g/mol. The quantitative estimate of drug-likeness (QED) is 0.694. The zero-order valence-corrected chi connectivity index (χ0v) is 18.6. The molecule has 6 nitrogen and oxygen atoms in total. The average molecular weight is 431 g/mol. The fourth-order valence-corrected chi connectivity index (χ4v) is 5.17. The van der Waals surface area contributed by atoms with E-state index in [1.165, 1.54) is 9.87 Å². The number of nitrogens with two attached hydrogens (primary N) is 1. The second-order valence-corrected chi connectivity index (χ2v) is 9.76. The Morgan fingerprint density at radius 2 is 1.63 bits per heavy atom. The van der Waals surface area contributed by atoms with Gasteiger partial charge in [0.1, 0.15) is 6.04 Å². The molecule has 30 heavy (non-hydrogen) atoms. The molecule has 1 aliphatic rings. The largest absolute Gasteiger partial charge is 0.335 e. The number of nitrogens with zero attached hydrogens (tertiary/aromatic N) is 2. The first-order valence-electron chi connectivity index (χ1n) is 10.7. The van der Waals surface area contributed by atoms with Crippen molar-refractivity contribution >= 4 is 15.9 Å². The van der Waals surface area contributed by atoms with E-state index in [1.54, 1.807) is 17.0 Å². The Labute approximate surface area is 179 Å². The van der Waals surface area contributed by atoms with E-state index in [4.69, 9.17) is 0 Å². The van der Waals surface area contributed by atoms with Crippen LogP contribution in [0.5, 0.6) is 0 Å². The number of carbonyl (C=O) groups excluding carboxylic acids is 1. The predicted molar refractivity (Wildman–Crippen MR) is 117 cm³/mol. The summed E-state index contributed by atoms with van der Waals surface area (Å²) in [5.74, 6) is 0.0544. The molecule has 1 fully saturated rings. The molecule has 0 aliphatic carbocycles. The Hall–Kier alpha value is -2.22. The SMILES string of the molecule is CCCc1ccc(S(=O)(=O)N2CCN(C(=O)C[NH2+][C@@H](C)c3ccccc3)CC2)cc1. The van der Waals surface area contributed by atoms with Gasteiger partial charge in [-0.05, 0) is 31.0 Å². The molecule has 2 aromatic carbocycles. The van der Waals surface area contributed by atoms with Gasteiger partial charge in [0.05, 0.1) is 4.90 Å². The number of carbonyl (C=O) groups is 1. The fraction of sp³-hybridized carbons (Fsp3) is 0.435. The number of rotatable bonds is 8. The zero-order chi connectivity index (χ0) is 21.6. The van der Waals surface area contributed by atoms with Gasteiger partial charge in [0.2, 0.25) is 10.0 Å². The molecular formula is C23H32N3O3S+. The molecule has 1 atom stereocenters. The van der Waals surface area contributed by atoms with E-state index in [0.29, 0.717) is 37.6 Å². The van der Waals surface area contributed by atoms with Crippen molar-refractivity contribution in [3.05, 3.63) is 65.7 Å². The Morgan fingerprint density at radius 3 is 2.23 bits per heavy atom. The lowest BCUT2D eigenvalue weighted by atomic mass is 10.1. The lowest BCUT2D eigenvalue weighted by molar-refractivity contribution is -0.683. The van der Waals surface area contributed by atoms with Gasteiger partial charge in [-0.15, -0.1) is 0 Å². The third-order valence-corrected chi connectivity index (χ3v) is 7.58. The lowest BCUT2D eigenvalue weighted by Crippen LogP contribution is -2.87. The molecule has 1 heterocycles. The highest BCUT2D eigenvalue weighted by molar-refractivity contribution is 7.89. The van der Waals surface area contributed by atoms with Gasteiger partial charge in [-0.25, -0.2) is 8.42 Å². The van der Waals surface area contributed by atoms with Crippen molar-refractivity contribution in [2.24, 2.45) is 0 Å². The molecule has 0 bridgehead atoms. The topological polar surface area (TPSA) is 74.3 Å². The van der Waals surface area contributed by atoms with Crippen LogP contribution in [0.4, 0.5) is 0 Å². The number of quaternary nitrogens is 1. The summed E-state index contributed by atoms with van der Waals surface area (Å²) < 4.78 is 27.3. The first-order chi connectivity index (χ1) is 14.4. The van der Waals surface area contributed by atoms with E-state index in [1.807, 2.05) is 35.6 Å². The predicted octanol–water partition coefficient (Wildman–Crippen LogP) is 1.80. The fourth-order valence-electron chi connectivity index (χ4n) is 3.74. The van der Waals surface area contributed by atoms with Crippen molar-refractivity contribution in [3.63, 3.8) is 0 Å². The van der Waals surface area contributed by atoms with Gasteiger partial charge < -0.3 is 10.2 Å². The monoisotopic (exact) mass is 430 g/mol. The summed E-state index contributed by atoms with van der Waals surface area (Å²) in [6, 6.07) is 17.5. The second kappa shape index (κ2) is 10.2. The third kappa shape index (κ3) is 5.47. The van der Waals surface area contributed by atoms with Gasteiger partial charge in [-0.2, -0.15) is 4.31 Å². The minimum Gasteiger partial charge on any atom is -0.335 e. The molecule has 162 valence electrons. The molecule has 2 aromatic rings. The minimum absolute atomic E-state index is 0.0544. The normalized spacial score (nSPS) is 16.4. The second-order valence-electron chi connectivity index (χ2n) is 7.82. The van der Waals surface area contributed by atoms with Crippen LogP contribution in [0.2, 0.25) is 0 Å². The number of piperazine rings is 1. The first kappa shape index (κ1) is 22.5. The average Bonchev–Trinajstić information content (AvgIpc) is 2.78. The smallest absolute Gasteiger partial charge is 0.277 e. The Balaban J connectivity index is 1.51. The van der Waals surface area contributed by atoms with Gasteiger partial charge in [0.15, 0.2) is 6.54 Å². The van der Waals surface area contributed by atoms with Crippen molar-refractivity contribution in [3.8, 4) is 0 Å². The van der Waals surface area contributed by atoms with E-state index in [0.717, 1.165) is 18.4 Å². The van der Waals surface area contributed by atoms with Gasteiger partial charge in [0, 0.05) is 31.7 Å². The van der Waals surface area contributed by atoms with Crippen LogP contribution >= 0.6 is 0 Å². The summed E-state index contributed by atoms with van der Waals surface area (Å²) in [6.45, 7) is 6.07. The van der Waals surface area contributed by atoms with Crippen LogP contribution in [0.3, 0.4) is 0 Å². The summed E-state index contributed by atoms with van der Waals surface area (Å²) >= 11 is 0. The van der Waals surface area contributed by atoms with Crippen LogP contribution < -0.4 is 5.32 Å². The highest BCUT2D eigenvalue weighted by Gasteiger charge is 2.30. The number of sulfonamides is 1. The molecule has 0 radical (unpaired) electrons. The van der Waals surface area contributed by atoms with Crippen molar-refractivity contribution < 1.29 is 18.5 Å². The highest BCUT2D eigenvalue weighted by atomic mass is 32.2. The van der Waals surface area contributed by atoms with E-state index in [2.05, 4.69) is 26.0 Å². The maximum atomic E-state index is 12.9. The standard InChI is InChI=1S/C23H31N3O3S/c1-3-7-20-10-12-22(13-11-20)30(28,29)26-16-14-25(15-17-26)23(27)18-24-19(2)21-8-5-4-6-9-21/h4-6,8-13,19,24H,3,7,14-18H2,1-2H3/p+1/t19-/m0/s1. The summed E-state index contributed by atoms with van der Waals surface area (Å²) in [4.78, 5) is 14.7. The third-order valence-electron chi connectivity index (χ3n) is 5.66. The van der Waals surface area contributed by atoms with Crippen LogP contribution in [0, 0.1) is 0 Å². The van der Waals surface area contributed by atoms with Crippen molar-refractivity contribution in [2.45, 2.75) is 37.6 Å². The molecule has 0 saturated carbocycles. The van der Waals surface area contributed by atoms with Gasteiger partial charge in [0.25, 0.3) is 5.91 Å². The Morgan fingerprint density at radius 1 is 1.00 bits per heavy atom. The molecule has 3 rings (SSSR count). The highest BCUT2D eigenvalue weighted by Crippen LogP contribution is 2.19. The van der Waals surface area contributed by atoms with E-state index in [9.17, 15) is 13.2 Å². The van der Waals surface area contributed by atoms with E-state index in [-0.39, 0.29) is 11.9 Å². The number of benzene rings is 2. The van der Waals surface area contributed by atoms with Gasteiger partial charge >= 0.3 is 0 Å². The Bertz CT molecular complexity index is 922. The van der Waals surface area contributed by atoms with Crippen molar-refractivity contribution in [1.82, 2.24) is 9.21 Å². The first-order valence-corrected chi connectivity index (χ1v) is 12.1. The summed E-state index contributed by atoms with van der Waals surface area (Å²) in [7, 11) is -3.52. The van der Waals surface area contributed by atoms with Gasteiger partial charge in [-0.3, -0.25) is 4.79 Å². The van der Waals surface area contributed by atoms with E-state index < -0.39 is 10.0 Å². The van der Waals surface area contributed by atoms with Crippen LogP contribution in [0.1, 0.15) is 37.4 Å². The van der Waals surface area contributed by atoms with Crippen molar-refractivity contribution in [1.29, 1.82) is 0 Å². The van der Waals surface area contributed by atoms with Gasteiger partial charge in [-0.1, -0.05) is 55.8 Å². The molecule has 1 saturated heterocycles. The molecule has 0 aromatic heterocycles. The number of aryl methyl sites for hydroxylation is 1. The Kier molecular flexibility index (Phi) is 7.64. The molecule has 2 N–H and O–H groups in total. The van der Waals surface area contributed by atoms with E-state index >= 15 is 0 Å². The number of hydrogen-bond donors (Lipinski definition) is 1. The summed E-state index contributed by atoms with van der Waals surface area (Å²) in [5, 5.41) is 2.03. The summed E-state index contributed by atoms with van der Waals surface area (Å²) in [6.07, 6.45) is 1.98. The minimum atomic E-state index is -3.52. The van der Waals surface area contributed by atoms with Crippen molar-refractivity contribution in [2.75, 3.05) is 32.7 Å². The van der Waals surface area contributed by atoms with Crippen LogP contribution in [-0.4, -0.2) is 56.3 Å². The maximum Gasteiger partial charge on any atom is 0.277 e. The van der Waals surface area contributed by atoms with Crippen LogP contribution in [0.25, 0.3) is 0 Å². The molecule has 1 aliphatic heterocycles.